The van der Waals surface area contributed by atoms with E-state index in [0.717, 1.165) is 11.4 Å². The van der Waals surface area contributed by atoms with Crippen LogP contribution in [0.15, 0.2) is 54.6 Å². The molecule has 0 aliphatic rings. The Balaban J connectivity index is 1.49. The lowest BCUT2D eigenvalue weighted by atomic mass is 9.98. The Morgan fingerprint density at radius 1 is 1.15 bits per heavy atom. The fraction of sp³-hybridized carbons (Fsp3) is 0.211. The summed E-state index contributed by atoms with van der Waals surface area (Å²) >= 11 is 7.19. The third-order valence-electron chi connectivity index (χ3n) is 3.75. The molecule has 2 aromatic carbocycles. The topological polar surface area (TPSA) is 64.1 Å². The second-order valence-electron chi connectivity index (χ2n) is 5.81. The molecule has 0 fully saturated rings. The molecule has 0 aliphatic heterocycles. The summed E-state index contributed by atoms with van der Waals surface area (Å²) in [5, 5.41) is 12.9. The molecular formula is C19H18ClN3O2S. The molecule has 0 spiro atoms. The second kappa shape index (κ2) is 8.78. The molecule has 7 heteroatoms. The summed E-state index contributed by atoms with van der Waals surface area (Å²) in [5.74, 6) is 0.638. The Kier molecular flexibility index (Phi) is 6.20. The lowest BCUT2D eigenvalue weighted by Gasteiger charge is -2.08. The summed E-state index contributed by atoms with van der Waals surface area (Å²) in [6, 6.07) is 17.1. The van der Waals surface area contributed by atoms with E-state index >= 15 is 0 Å². The van der Waals surface area contributed by atoms with Crippen molar-refractivity contribution in [3.8, 4) is 5.75 Å². The molecule has 5 nitrogen and oxygen atoms in total. The van der Waals surface area contributed by atoms with Crippen molar-refractivity contribution in [1.29, 1.82) is 0 Å². The summed E-state index contributed by atoms with van der Waals surface area (Å²) in [6.45, 7) is 2.05. The number of carbonyl (C=O) groups is 1. The zero-order valence-corrected chi connectivity index (χ0v) is 15.8. The number of nitrogens with zero attached hydrogens (tertiary/aromatic N) is 2. The van der Waals surface area contributed by atoms with Crippen LogP contribution in [0.5, 0.6) is 5.75 Å². The van der Waals surface area contributed by atoms with Gasteiger partial charge >= 0.3 is 0 Å². The molecule has 0 saturated carbocycles. The molecule has 1 N–H and O–H groups in total. The van der Waals surface area contributed by atoms with Crippen molar-refractivity contribution in [2.24, 2.45) is 0 Å². The number of hydrogen-bond acceptors (Lipinski definition) is 5. The van der Waals surface area contributed by atoms with Crippen LogP contribution in [0, 0.1) is 0 Å². The molecule has 0 unspecified atom stereocenters. The van der Waals surface area contributed by atoms with Gasteiger partial charge in [0.1, 0.15) is 10.8 Å². The van der Waals surface area contributed by atoms with Crippen LogP contribution in [-0.4, -0.2) is 22.7 Å². The summed E-state index contributed by atoms with van der Waals surface area (Å²) < 4.78 is 5.41. The lowest BCUT2D eigenvalue weighted by molar-refractivity contribution is -0.118. The zero-order chi connectivity index (χ0) is 18.4. The van der Waals surface area contributed by atoms with Crippen molar-refractivity contribution in [2.75, 3.05) is 11.9 Å². The number of hydrogen-bond donors (Lipinski definition) is 1. The number of ether oxygens (including phenoxy) is 1. The highest BCUT2D eigenvalue weighted by Gasteiger charge is 2.12. The van der Waals surface area contributed by atoms with Crippen molar-refractivity contribution in [3.05, 3.63) is 70.2 Å². The van der Waals surface area contributed by atoms with E-state index in [-0.39, 0.29) is 12.5 Å². The van der Waals surface area contributed by atoms with Gasteiger partial charge in [-0.1, -0.05) is 60.2 Å². The van der Waals surface area contributed by atoms with Gasteiger partial charge in [0.25, 0.3) is 5.91 Å². The van der Waals surface area contributed by atoms with Crippen molar-refractivity contribution >= 4 is 34.0 Å². The van der Waals surface area contributed by atoms with Gasteiger partial charge < -0.3 is 4.74 Å². The van der Waals surface area contributed by atoms with Gasteiger partial charge in [0.05, 0.1) is 0 Å². The molecule has 0 radical (unpaired) electrons. The maximum Gasteiger partial charge on any atom is 0.264 e. The molecule has 0 aliphatic carbocycles. The molecular weight excluding hydrogens is 370 g/mol. The Labute approximate surface area is 161 Å². The van der Waals surface area contributed by atoms with Gasteiger partial charge in [0.2, 0.25) is 5.13 Å². The molecule has 0 bridgehead atoms. The first-order chi connectivity index (χ1) is 12.6. The molecule has 26 heavy (non-hydrogen) atoms. The fourth-order valence-corrected chi connectivity index (χ4v) is 3.39. The summed E-state index contributed by atoms with van der Waals surface area (Å²) in [7, 11) is 0. The number of anilines is 1. The van der Waals surface area contributed by atoms with E-state index < -0.39 is 0 Å². The highest BCUT2D eigenvalue weighted by molar-refractivity contribution is 7.15. The normalized spacial score (nSPS) is 11.8. The van der Waals surface area contributed by atoms with Crippen LogP contribution in [-0.2, 0) is 11.2 Å². The molecule has 0 saturated heterocycles. The third-order valence-corrected chi connectivity index (χ3v) is 4.86. The van der Waals surface area contributed by atoms with Crippen LogP contribution >= 0.6 is 22.9 Å². The highest BCUT2D eigenvalue weighted by atomic mass is 35.5. The standard InChI is InChI=1S/C19H18ClN3O2S/c1-13(14-5-3-2-4-6-14)11-18-22-23-19(26-18)21-17(24)12-25-16-9-7-15(20)8-10-16/h2-10,13H,11-12H2,1H3,(H,21,23,24)/t13-/m0/s1. The van der Waals surface area contributed by atoms with Crippen LogP contribution in [0.3, 0.4) is 0 Å². The molecule has 1 heterocycles. The number of amides is 1. The van der Waals surface area contributed by atoms with E-state index in [1.54, 1.807) is 24.3 Å². The van der Waals surface area contributed by atoms with E-state index in [2.05, 4.69) is 34.6 Å². The Bertz CT molecular complexity index is 853. The van der Waals surface area contributed by atoms with Gasteiger partial charge in [-0.2, -0.15) is 0 Å². The number of benzene rings is 2. The van der Waals surface area contributed by atoms with E-state index in [1.165, 1.54) is 16.9 Å². The minimum Gasteiger partial charge on any atom is -0.484 e. The quantitative estimate of drug-likeness (QED) is 0.645. The minimum atomic E-state index is -0.279. The van der Waals surface area contributed by atoms with Gasteiger partial charge in [-0.3, -0.25) is 10.1 Å². The molecule has 1 amide bonds. The van der Waals surface area contributed by atoms with E-state index in [0.29, 0.717) is 21.8 Å². The Morgan fingerprint density at radius 3 is 2.62 bits per heavy atom. The number of nitrogens with one attached hydrogen (secondary N) is 1. The smallest absolute Gasteiger partial charge is 0.264 e. The van der Waals surface area contributed by atoms with Crippen molar-refractivity contribution < 1.29 is 9.53 Å². The first kappa shape index (κ1) is 18.4. The highest BCUT2D eigenvalue weighted by Crippen LogP contribution is 2.24. The zero-order valence-electron chi connectivity index (χ0n) is 14.2. The largest absolute Gasteiger partial charge is 0.484 e. The number of aromatic nitrogens is 2. The Morgan fingerprint density at radius 2 is 1.88 bits per heavy atom. The van der Waals surface area contributed by atoms with Crippen LogP contribution in [0.25, 0.3) is 0 Å². The number of halogens is 1. The lowest BCUT2D eigenvalue weighted by Crippen LogP contribution is -2.20. The number of carbonyl (C=O) groups excluding carboxylic acids is 1. The number of rotatable bonds is 7. The molecule has 1 atom stereocenters. The van der Waals surface area contributed by atoms with Gasteiger partial charge in [0, 0.05) is 11.4 Å². The van der Waals surface area contributed by atoms with E-state index in [1.807, 2.05) is 18.2 Å². The van der Waals surface area contributed by atoms with Gasteiger partial charge in [-0.15, -0.1) is 10.2 Å². The maximum atomic E-state index is 12.0. The van der Waals surface area contributed by atoms with Crippen molar-refractivity contribution in [1.82, 2.24) is 10.2 Å². The average molecular weight is 388 g/mol. The van der Waals surface area contributed by atoms with Crippen molar-refractivity contribution in [2.45, 2.75) is 19.3 Å². The fourth-order valence-electron chi connectivity index (χ4n) is 2.38. The van der Waals surface area contributed by atoms with Gasteiger partial charge in [-0.05, 0) is 35.7 Å². The molecule has 3 rings (SSSR count). The van der Waals surface area contributed by atoms with Crippen LogP contribution in [0.1, 0.15) is 23.4 Å². The van der Waals surface area contributed by atoms with Crippen LogP contribution in [0.2, 0.25) is 5.02 Å². The Hall–Kier alpha value is -2.44. The van der Waals surface area contributed by atoms with Crippen LogP contribution in [0.4, 0.5) is 5.13 Å². The van der Waals surface area contributed by atoms with Gasteiger partial charge in [0.15, 0.2) is 6.61 Å². The van der Waals surface area contributed by atoms with Gasteiger partial charge in [-0.25, -0.2) is 0 Å². The summed E-state index contributed by atoms with van der Waals surface area (Å²) in [6.07, 6.45) is 0.777. The maximum absolute atomic E-state index is 12.0. The third kappa shape index (κ3) is 5.28. The van der Waals surface area contributed by atoms with E-state index in [4.69, 9.17) is 16.3 Å². The first-order valence-electron chi connectivity index (χ1n) is 8.15. The van der Waals surface area contributed by atoms with Crippen molar-refractivity contribution in [3.63, 3.8) is 0 Å². The molecule has 1 aromatic heterocycles. The summed E-state index contributed by atoms with van der Waals surface area (Å²) in [5.41, 5.74) is 1.25. The minimum absolute atomic E-state index is 0.100. The predicted molar refractivity (Wildman–Crippen MR) is 104 cm³/mol. The molecule has 134 valence electrons. The van der Waals surface area contributed by atoms with E-state index in [9.17, 15) is 4.79 Å². The summed E-state index contributed by atoms with van der Waals surface area (Å²) in [4.78, 5) is 12.0. The average Bonchev–Trinajstić information content (AvgIpc) is 3.08. The monoisotopic (exact) mass is 387 g/mol. The first-order valence-corrected chi connectivity index (χ1v) is 9.35. The SMILES string of the molecule is C[C@@H](Cc1nnc(NC(=O)COc2ccc(Cl)cc2)s1)c1ccccc1. The van der Waals surface area contributed by atoms with Crippen LogP contribution < -0.4 is 10.1 Å². The molecule has 3 aromatic rings. The second-order valence-corrected chi connectivity index (χ2v) is 7.31. The predicted octanol–water partition coefficient (Wildman–Crippen LogP) is 4.56.